The van der Waals surface area contributed by atoms with E-state index in [9.17, 15) is 23.1 Å². The summed E-state index contributed by atoms with van der Waals surface area (Å²) < 4.78 is 43.2. The minimum atomic E-state index is -4.29. The number of pyridine rings is 1. The van der Waals surface area contributed by atoms with Crippen molar-refractivity contribution in [3.63, 3.8) is 0 Å². The van der Waals surface area contributed by atoms with Crippen LogP contribution in [0.25, 0.3) is 22.5 Å². The predicted octanol–water partition coefficient (Wildman–Crippen LogP) is 4.80. The molecule has 3 aromatic rings. The molecule has 4 rings (SSSR count). The lowest BCUT2D eigenvalue weighted by molar-refractivity contribution is -0.201. The molecular formula is C25H28F3N5O2. The summed E-state index contributed by atoms with van der Waals surface area (Å²) in [5.74, 6) is -1.55. The molecule has 0 radical (unpaired) electrons. The van der Waals surface area contributed by atoms with Crippen LogP contribution in [0, 0.1) is 11.8 Å². The highest BCUT2D eigenvalue weighted by Gasteiger charge is 2.51. The summed E-state index contributed by atoms with van der Waals surface area (Å²) in [7, 11) is 3.25. The first kappa shape index (κ1) is 24.7. The van der Waals surface area contributed by atoms with Crippen molar-refractivity contribution in [1.82, 2.24) is 19.7 Å². The molecule has 1 N–H and O–H groups in total. The normalized spacial score (nSPS) is 20.6. The zero-order valence-corrected chi connectivity index (χ0v) is 19.8. The second-order valence-corrected chi connectivity index (χ2v) is 9.08. The number of anilines is 1. The molecule has 3 atom stereocenters. The van der Waals surface area contributed by atoms with Crippen LogP contribution in [0.4, 0.5) is 19.0 Å². The van der Waals surface area contributed by atoms with Gasteiger partial charge in [0.1, 0.15) is 5.75 Å². The Morgan fingerprint density at radius 1 is 1.14 bits per heavy atom. The summed E-state index contributed by atoms with van der Waals surface area (Å²) in [4.78, 5) is 17.7. The van der Waals surface area contributed by atoms with Crippen LogP contribution in [0.5, 0.6) is 5.75 Å². The van der Waals surface area contributed by atoms with Gasteiger partial charge in [0.05, 0.1) is 17.7 Å². The maximum absolute atomic E-state index is 13.9. The number of aromatic hydroxyl groups is 1. The zero-order valence-electron chi connectivity index (χ0n) is 19.8. The monoisotopic (exact) mass is 487 g/mol. The van der Waals surface area contributed by atoms with Gasteiger partial charge >= 0.3 is 6.18 Å². The lowest BCUT2D eigenvalue weighted by Gasteiger charge is -2.43. The second-order valence-electron chi connectivity index (χ2n) is 9.08. The number of aryl methyl sites for hydroxylation is 1. The van der Waals surface area contributed by atoms with Gasteiger partial charge in [0.2, 0.25) is 0 Å². The van der Waals surface area contributed by atoms with Gasteiger partial charge in [-0.25, -0.2) is 4.98 Å². The molecule has 2 aromatic heterocycles. The van der Waals surface area contributed by atoms with Crippen LogP contribution in [0.3, 0.4) is 0 Å². The third-order valence-corrected chi connectivity index (χ3v) is 6.98. The van der Waals surface area contributed by atoms with E-state index in [1.807, 2.05) is 0 Å². The number of alkyl halides is 3. The van der Waals surface area contributed by atoms with Gasteiger partial charge in [0.15, 0.2) is 11.6 Å². The fraction of sp³-hybridized carbons (Fsp3) is 0.440. The topological polar surface area (TPSA) is 84.1 Å². The molecule has 35 heavy (non-hydrogen) atoms. The minimum absolute atomic E-state index is 0.0960. The number of nitrogens with zero attached hydrogens (tertiary/aromatic N) is 5. The Bertz CT molecular complexity index is 1240. The van der Waals surface area contributed by atoms with E-state index in [1.165, 1.54) is 27.8 Å². The molecule has 1 aliphatic carbocycles. The average molecular weight is 488 g/mol. The lowest BCUT2D eigenvalue weighted by atomic mass is 9.73. The quantitative estimate of drug-likeness (QED) is 0.557. The molecule has 1 aromatic carbocycles. The third kappa shape index (κ3) is 5.01. The summed E-state index contributed by atoms with van der Waals surface area (Å²) in [5, 5.41) is 18.8. The summed E-state index contributed by atoms with van der Waals surface area (Å²) in [6.07, 6.45) is 0.934. The van der Waals surface area contributed by atoms with Gasteiger partial charge in [-0.15, -0.1) is 10.2 Å². The fourth-order valence-corrected chi connectivity index (χ4v) is 4.99. The number of hydrogen-bond donors (Lipinski definition) is 1. The van der Waals surface area contributed by atoms with Gasteiger partial charge in [-0.2, -0.15) is 13.2 Å². The van der Waals surface area contributed by atoms with Gasteiger partial charge in [-0.1, -0.05) is 25.8 Å². The van der Waals surface area contributed by atoms with E-state index < -0.39 is 24.1 Å². The number of halogens is 3. The number of phenolic OH excluding ortho intramolecular Hbond substituents is 1. The number of benzene rings is 1. The van der Waals surface area contributed by atoms with Crippen LogP contribution in [0.2, 0.25) is 0 Å². The molecule has 2 heterocycles. The maximum Gasteiger partial charge on any atom is 0.394 e. The van der Waals surface area contributed by atoms with Gasteiger partial charge in [0.25, 0.3) is 5.56 Å². The van der Waals surface area contributed by atoms with Crippen molar-refractivity contribution in [2.45, 2.75) is 44.8 Å². The molecule has 1 aliphatic rings. The molecule has 7 nitrogen and oxygen atoms in total. The van der Waals surface area contributed by atoms with E-state index in [2.05, 4.69) is 15.2 Å². The van der Waals surface area contributed by atoms with Crippen molar-refractivity contribution in [2.24, 2.45) is 18.9 Å². The average Bonchev–Trinajstić information content (AvgIpc) is 2.84. The lowest BCUT2D eigenvalue weighted by Crippen LogP contribution is -2.50. The van der Waals surface area contributed by atoms with Crippen LogP contribution in [-0.2, 0) is 7.05 Å². The van der Waals surface area contributed by atoms with Crippen molar-refractivity contribution in [2.75, 3.05) is 11.9 Å². The summed E-state index contributed by atoms with van der Waals surface area (Å²) in [5.41, 5.74) is 1.46. The molecule has 0 saturated heterocycles. The first-order valence-electron chi connectivity index (χ1n) is 11.6. The van der Waals surface area contributed by atoms with Crippen molar-refractivity contribution in [1.29, 1.82) is 0 Å². The van der Waals surface area contributed by atoms with Crippen LogP contribution in [0.15, 0.2) is 47.5 Å². The van der Waals surface area contributed by atoms with Crippen LogP contribution >= 0.6 is 0 Å². The summed E-state index contributed by atoms with van der Waals surface area (Å²) >= 11 is 0. The first-order valence-corrected chi connectivity index (χ1v) is 11.6. The van der Waals surface area contributed by atoms with E-state index in [-0.39, 0.29) is 23.0 Å². The Kier molecular flexibility index (Phi) is 6.82. The van der Waals surface area contributed by atoms with Crippen molar-refractivity contribution >= 4 is 5.82 Å². The standard InChI is InChI=1S/C25H28F3N5O2/c1-4-15-6-5-7-19(23(15)25(26,27)28)33(3)21-14-29-24(31-30-21)18-9-8-16(12-20(18)34)17-10-11-32(2)22(35)13-17/h8-15,19,23,34H,4-7H2,1-3H3/t15-,19+,23-/m1/s1. The number of hydrogen-bond acceptors (Lipinski definition) is 6. The fourth-order valence-electron chi connectivity index (χ4n) is 4.99. The van der Waals surface area contributed by atoms with E-state index >= 15 is 0 Å². The van der Waals surface area contributed by atoms with E-state index in [4.69, 9.17) is 0 Å². The molecule has 0 spiro atoms. The van der Waals surface area contributed by atoms with Crippen molar-refractivity contribution in [3.05, 3.63) is 53.1 Å². The summed E-state index contributed by atoms with van der Waals surface area (Å²) in [6, 6.07) is 7.36. The molecule has 0 unspecified atom stereocenters. The Hall–Kier alpha value is -3.43. The van der Waals surface area contributed by atoms with Crippen LogP contribution < -0.4 is 10.5 Å². The Labute approximate surface area is 201 Å². The minimum Gasteiger partial charge on any atom is -0.507 e. The second kappa shape index (κ2) is 9.67. The zero-order chi connectivity index (χ0) is 25.3. The molecule has 0 aliphatic heterocycles. The van der Waals surface area contributed by atoms with Crippen LogP contribution in [0.1, 0.15) is 32.6 Å². The maximum atomic E-state index is 13.9. The van der Waals surface area contributed by atoms with Gasteiger partial charge in [-0.05, 0) is 48.1 Å². The molecule has 0 bridgehead atoms. The SMILES string of the molecule is CC[C@@H]1CCC[C@H](N(C)c2cnc(-c3ccc(-c4ccn(C)c(=O)c4)cc3O)nn2)[C@@H]1C(F)(F)F. The predicted molar refractivity (Wildman–Crippen MR) is 127 cm³/mol. The smallest absolute Gasteiger partial charge is 0.394 e. The highest BCUT2D eigenvalue weighted by atomic mass is 19.4. The largest absolute Gasteiger partial charge is 0.507 e. The Morgan fingerprint density at radius 3 is 2.49 bits per heavy atom. The number of aromatic nitrogens is 4. The number of rotatable bonds is 5. The molecule has 10 heteroatoms. The van der Waals surface area contributed by atoms with Crippen molar-refractivity contribution < 1.29 is 18.3 Å². The molecule has 1 saturated carbocycles. The Balaban J connectivity index is 1.57. The highest BCUT2D eigenvalue weighted by Crippen LogP contribution is 2.45. The first-order chi connectivity index (χ1) is 16.6. The van der Waals surface area contributed by atoms with E-state index in [1.54, 1.807) is 45.4 Å². The molecule has 1 fully saturated rings. The van der Waals surface area contributed by atoms with Gasteiger partial charge in [-0.3, -0.25) is 4.79 Å². The molecule has 186 valence electrons. The third-order valence-electron chi connectivity index (χ3n) is 6.98. The highest BCUT2D eigenvalue weighted by molar-refractivity contribution is 5.72. The van der Waals surface area contributed by atoms with Crippen LogP contribution in [-0.4, -0.2) is 44.1 Å². The van der Waals surface area contributed by atoms with E-state index in [0.29, 0.717) is 36.0 Å². The van der Waals surface area contributed by atoms with Gasteiger partial charge < -0.3 is 14.6 Å². The molecular weight excluding hydrogens is 459 g/mol. The molecule has 0 amide bonds. The van der Waals surface area contributed by atoms with Crippen molar-refractivity contribution in [3.8, 4) is 28.3 Å². The summed E-state index contributed by atoms with van der Waals surface area (Å²) in [6.45, 7) is 1.80. The number of phenols is 1. The Morgan fingerprint density at radius 2 is 1.89 bits per heavy atom. The van der Waals surface area contributed by atoms with E-state index in [0.717, 1.165) is 6.42 Å². The van der Waals surface area contributed by atoms with Gasteiger partial charge in [0, 0.05) is 32.4 Å².